The van der Waals surface area contributed by atoms with Gasteiger partial charge in [-0.1, -0.05) is 24.0 Å². The van der Waals surface area contributed by atoms with E-state index in [0.717, 1.165) is 6.26 Å². The summed E-state index contributed by atoms with van der Waals surface area (Å²) in [4.78, 5) is 39.9. The molecule has 11 heteroatoms. The van der Waals surface area contributed by atoms with Crippen molar-refractivity contribution in [1.29, 1.82) is 0 Å². The van der Waals surface area contributed by atoms with Crippen molar-refractivity contribution in [3.63, 3.8) is 0 Å². The number of alkyl carbamates (subject to hydrolysis) is 1. The summed E-state index contributed by atoms with van der Waals surface area (Å²) < 4.78 is 36.3. The quantitative estimate of drug-likeness (QED) is 0.415. The number of fused-ring (bicyclic) bond motifs is 1. The van der Waals surface area contributed by atoms with Crippen LogP contribution in [-0.2, 0) is 19.6 Å². The van der Waals surface area contributed by atoms with Crippen LogP contribution in [0.25, 0.3) is 22.1 Å². The molecule has 0 unspecified atom stereocenters. The number of hydrogen-bond donors (Lipinski definition) is 2. The number of hydrogen-bond acceptors (Lipinski definition) is 7. The molecule has 42 heavy (non-hydrogen) atoms. The number of nitrogens with one attached hydrogen (secondary N) is 2. The molecule has 2 amide bonds. The van der Waals surface area contributed by atoms with Gasteiger partial charge in [0, 0.05) is 29.9 Å². The molecule has 0 spiro atoms. The first-order chi connectivity index (χ1) is 19.7. The third-order valence-corrected chi connectivity index (χ3v) is 7.73. The summed E-state index contributed by atoms with van der Waals surface area (Å²) in [6.45, 7) is 6.71. The van der Waals surface area contributed by atoms with E-state index in [-0.39, 0.29) is 23.9 Å². The Balaban J connectivity index is 1.19. The molecule has 2 fully saturated rings. The first-order valence-electron chi connectivity index (χ1n) is 13.6. The van der Waals surface area contributed by atoms with Crippen LogP contribution >= 0.6 is 0 Å². The second kappa shape index (κ2) is 10.8. The Labute approximate surface area is 244 Å². The standard InChI is InChI=1S/C31H33N3O7S/c1-30(2,3)32-29(37)41-19-31(13-14-31)28(36)34-16-21(17-34)6-5-20-7-12-24-26(15-20)40-18-25(27(24)35)22-8-10-23(11-9-22)33-42(4,38)39/h7-12,15,18,21,33H,13-14,16-17,19H2,1-4H3,(H,32,37). The number of rotatable bonds is 6. The Morgan fingerprint density at radius 2 is 1.81 bits per heavy atom. The lowest BCUT2D eigenvalue weighted by molar-refractivity contribution is -0.143. The molecule has 1 saturated carbocycles. The van der Waals surface area contributed by atoms with Crippen LogP contribution in [0.1, 0.15) is 39.2 Å². The van der Waals surface area contributed by atoms with Crippen LogP contribution < -0.4 is 15.5 Å². The van der Waals surface area contributed by atoms with Crippen LogP contribution in [0.2, 0.25) is 0 Å². The minimum Gasteiger partial charge on any atom is -0.463 e. The molecule has 2 heterocycles. The van der Waals surface area contributed by atoms with Gasteiger partial charge >= 0.3 is 6.09 Å². The fourth-order valence-corrected chi connectivity index (χ4v) is 5.27. The van der Waals surface area contributed by atoms with Crippen molar-refractivity contribution in [2.75, 3.05) is 30.7 Å². The van der Waals surface area contributed by atoms with Gasteiger partial charge < -0.3 is 19.4 Å². The van der Waals surface area contributed by atoms with Crippen molar-refractivity contribution in [2.24, 2.45) is 11.3 Å². The topological polar surface area (TPSA) is 135 Å². The first-order valence-corrected chi connectivity index (χ1v) is 15.5. The van der Waals surface area contributed by atoms with Crippen LogP contribution in [0.4, 0.5) is 10.5 Å². The highest BCUT2D eigenvalue weighted by Gasteiger charge is 2.54. The molecule has 1 saturated heterocycles. The van der Waals surface area contributed by atoms with E-state index in [1.54, 1.807) is 47.4 Å². The van der Waals surface area contributed by atoms with Crippen LogP contribution in [0.5, 0.6) is 0 Å². The fraction of sp³-hybridized carbons (Fsp3) is 0.387. The minimum absolute atomic E-state index is 0.00805. The van der Waals surface area contributed by atoms with E-state index in [9.17, 15) is 22.8 Å². The van der Waals surface area contributed by atoms with E-state index in [1.165, 1.54) is 6.26 Å². The molecule has 1 aromatic heterocycles. The highest BCUT2D eigenvalue weighted by atomic mass is 32.2. The zero-order valence-corrected chi connectivity index (χ0v) is 24.8. The Morgan fingerprint density at radius 1 is 1.12 bits per heavy atom. The number of likely N-dealkylation sites (tertiary alicyclic amines) is 1. The van der Waals surface area contributed by atoms with E-state index in [4.69, 9.17) is 9.15 Å². The zero-order chi connectivity index (χ0) is 30.3. The van der Waals surface area contributed by atoms with Gasteiger partial charge in [-0.25, -0.2) is 13.2 Å². The van der Waals surface area contributed by atoms with Gasteiger partial charge in [0.25, 0.3) is 0 Å². The largest absolute Gasteiger partial charge is 0.463 e. The monoisotopic (exact) mass is 591 g/mol. The third kappa shape index (κ3) is 6.77. The van der Waals surface area contributed by atoms with Gasteiger partial charge in [-0.15, -0.1) is 0 Å². The number of anilines is 1. The number of sulfonamides is 1. The average Bonchev–Trinajstić information content (AvgIpc) is 3.67. The van der Waals surface area contributed by atoms with Crippen molar-refractivity contribution >= 4 is 38.7 Å². The van der Waals surface area contributed by atoms with Gasteiger partial charge in [-0.05, 0) is 69.5 Å². The Hall–Kier alpha value is -4.30. The smallest absolute Gasteiger partial charge is 0.407 e. The Bertz CT molecular complexity index is 1770. The van der Waals surface area contributed by atoms with Crippen LogP contribution in [0.3, 0.4) is 0 Å². The summed E-state index contributed by atoms with van der Waals surface area (Å²) >= 11 is 0. The van der Waals surface area contributed by atoms with E-state index in [0.29, 0.717) is 59.3 Å². The molecular weight excluding hydrogens is 558 g/mol. The highest BCUT2D eigenvalue weighted by molar-refractivity contribution is 7.92. The van der Waals surface area contributed by atoms with Gasteiger partial charge in [-0.3, -0.25) is 14.3 Å². The molecule has 2 N–H and O–H groups in total. The fourth-order valence-electron chi connectivity index (χ4n) is 4.71. The molecule has 3 aromatic rings. The molecule has 1 aliphatic heterocycles. The lowest BCUT2D eigenvalue weighted by atomic mass is 9.96. The van der Waals surface area contributed by atoms with Crippen LogP contribution in [-0.4, -0.2) is 56.8 Å². The first kappa shape index (κ1) is 29.2. The third-order valence-electron chi connectivity index (χ3n) is 7.13. The van der Waals surface area contributed by atoms with Crippen molar-refractivity contribution < 1.29 is 27.2 Å². The summed E-state index contributed by atoms with van der Waals surface area (Å²) in [5.41, 5.74) is 1.23. The molecule has 0 radical (unpaired) electrons. The summed E-state index contributed by atoms with van der Waals surface area (Å²) in [7, 11) is -3.40. The number of carbonyl (C=O) groups is 2. The minimum atomic E-state index is -3.40. The number of ether oxygens (including phenoxy) is 1. The van der Waals surface area contributed by atoms with E-state index < -0.39 is 27.1 Å². The van der Waals surface area contributed by atoms with Crippen molar-refractivity contribution in [3.8, 4) is 23.0 Å². The Kier molecular flexibility index (Phi) is 7.53. The van der Waals surface area contributed by atoms with Gasteiger partial charge in [0.15, 0.2) is 5.43 Å². The predicted octanol–water partition coefficient (Wildman–Crippen LogP) is 3.95. The Morgan fingerprint density at radius 3 is 2.43 bits per heavy atom. The van der Waals surface area contributed by atoms with Crippen molar-refractivity contribution in [2.45, 2.75) is 39.2 Å². The molecule has 2 aliphatic rings. The molecular formula is C31H33N3O7S. The van der Waals surface area contributed by atoms with Crippen molar-refractivity contribution in [3.05, 3.63) is 64.5 Å². The normalized spacial score (nSPS) is 16.1. The van der Waals surface area contributed by atoms with Crippen LogP contribution in [0.15, 0.2) is 57.9 Å². The summed E-state index contributed by atoms with van der Waals surface area (Å²) in [5.74, 6) is 6.36. The van der Waals surface area contributed by atoms with Crippen LogP contribution in [0, 0.1) is 23.2 Å². The summed E-state index contributed by atoms with van der Waals surface area (Å²) in [6, 6.07) is 11.6. The number of amides is 2. The second-order valence-electron chi connectivity index (χ2n) is 12.0. The maximum atomic E-state index is 13.1. The SMILES string of the molecule is CC(C)(C)NC(=O)OCC1(C(=O)N2CC(C#Cc3ccc4c(=O)c(-c5ccc(NS(C)(=O)=O)cc5)coc4c3)C2)CC1. The molecule has 2 aromatic carbocycles. The highest BCUT2D eigenvalue weighted by Crippen LogP contribution is 2.48. The molecule has 220 valence electrons. The zero-order valence-electron chi connectivity index (χ0n) is 23.9. The molecule has 10 nitrogen and oxygen atoms in total. The van der Waals surface area contributed by atoms with Crippen molar-refractivity contribution in [1.82, 2.24) is 10.2 Å². The van der Waals surface area contributed by atoms with Gasteiger partial charge in [-0.2, -0.15) is 0 Å². The number of nitrogens with zero attached hydrogens (tertiary/aromatic N) is 1. The predicted molar refractivity (Wildman–Crippen MR) is 159 cm³/mol. The van der Waals surface area contributed by atoms with Gasteiger partial charge in [0.1, 0.15) is 18.5 Å². The lowest BCUT2D eigenvalue weighted by Gasteiger charge is -2.38. The number of benzene rings is 2. The summed E-state index contributed by atoms with van der Waals surface area (Å²) in [6.07, 6.45) is 3.35. The molecule has 0 atom stereocenters. The van der Waals surface area contributed by atoms with E-state index in [2.05, 4.69) is 21.9 Å². The second-order valence-corrected chi connectivity index (χ2v) is 13.8. The summed E-state index contributed by atoms with van der Waals surface area (Å²) in [5, 5.41) is 3.15. The average molecular weight is 592 g/mol. The lowest BCUT2D eigenvalue weighted by Crippen LogP contribution is -2.53. The molecule has 0 bridgehead atoms. The maximum absolute atomic E-state index is 13.1. The van der Waals surface area contributed by atoms with Gasteiger partial charge in [0.05, 0.1) is 28.5 Å². The van der Waals surface area contributed by atoms with E-state index in [1.807, 2.05) is 20.8 Å². The van der Waals surface area contributed by atoms with Gasteiger partial charge in [0.2, 0.25) is 15.9 Å². The number of carbonyl (C=O) groups excluding carboxylic acids is 2. The molecule has 1 aliphatic carbocycles. The molecule has 5 rings (SSSR count). The van der Waals surface area contributed by atoms with E-state index >= 15 is 0 Å². The maximum Gasteiger partial charge on any atom is 0.407 e.